The summed E-state index contributed by atoms with van der Waals surface area (Å²) in [7, 11) is -0.291. The maximum absolute atomic E-state index is 6.05. The normalized spacial score (nSPS) is 23.2. The molecule has 2 aliphatic heterocycles. The Kier molecular flexibility index (Phi) is 3.11. The van der Waals surface area contributed by atoms with Gasteiger partial charge in [-0.15, -0.1) is 0 Å². The average Bonchev–Trinajstić information content (AvgIpc) is 2.97. The minimum absolute atomic E-state index is 0.291. The third-order valence-electron chi connectivity index (χ3n) is 4.42. The monoisotopic (exact) mass is 269 g/mol. The lowest BCUT2D eigenvalue weighted by molar-refractivity contribution is 0.00578. The first-order chi connectivity index (χ1) is 9.39. The zero-order valence-electron chi connectivity index (χ0n) is 12.5. The summed E-state index contributed by atoms with van der Waals surface area (Å²) in [6, 6.07) is 8.35. The van der Waals surface area contributed by atoms with E-state index >= 15 is 0 Å². The van der Waals surface area contributed by atoms with Gasteiger partial charge in [0.05, 0.1) is 17.7 Å². The number of hydrogen-bond donors (Lipinski definition) is 0. The van der Waals surface area contributed by atoms with E-state index in [0.717, 1.165) is 12.0 Å². The molecule has 0 amide bonds. The molecular formula is C16H20BNO2. The van der Waals surface area contributed by atoms with Crippen molar-refractivity contribution in [2.45, 2.75) is 38.9 Å². The Balaban J connectivity index is 1.81. The number of nitrogens with zero attached hydrogens (tertiary/aromatic N) is 1. The molecule has 0 N–H and O–H groups in total. The molecule has 0 bridgehead atoms. The van der Waals surface area contributed by atoms with Gasteiger partial charge in [-0.2, -0.15) is 0 Å². The summed E-state index contributed by atoms with van der Waals surface area (Å²) in [6.07, 6.45) is 4.05. The number of aliphatic imine (C=N–C) groups is 1. The minimum Gasteiger partial charge on any atom is -0.399 e. The summed E-state index contributed by atoms with van der Waals surface area (Å²) in [5.74, 6) is 0. The summed E-state index contributed by atoms with van der Waals surface area (Å²) in [4.78, 5) is 4.21. The van der Waals surface area contributed by atoms with E-state index in [-0.39, 0.29) is 18.3 Å². The van der Waals surface area contributed by atoms with Gasteiger partial charge in [0.15, 0.2) is 0 Å². The van der Waals surface area contributed by atoms with Gasteiger partial charge < -0.3 is 9.31 Å². The van der Waals surface area contributed by atoms with Gasteiger partial charge in [0.2, 0.25) is 0 Å². The molecule has 1 fully saturated rings. The molecule has 4 heteroatoms. The predicted octanol–water partition coefficient (Wildman–Crippen LogP) is 2.45. The number of benzene rings is 1. The van der Waals surface area contributed by atoms with E-state index in [2.05, 4.69) is 63.0 Å². The van der Waals surface area contributed by atoms with Crippen LogP contribution in [0.15, 0.2) is 35.3 Å². The standard InChI is InChI=1S/C16H20BNO2/c1-15(2)16(3,4)20-17(19-15)14-7-5-12(6-8-14)13-9-10-18-11-13/h5-9,11H,10H2,1-4H3. The molecule has 3 rings (SSSR count). The van der Waals surface area contributed by atoms with Crippen LogP contribution >= 0.6 is 0 Å². The van der Waals surface area contributed by atoms with Gasteiger partial charge in [0.25, 0.3) is 0 Å². The average molecular weight is 269 g/mol. The molecule has 3 nitrogen and oxygen atoms in total. The van der Waals surface area contributed by atoms with Crippen LogP contribution in [0.3, 0.4) is 0 Å². The first kappa shape index (κ1) is 13.6. The van der Waals surface area contributed by atoms with Crippen LogP contribution in [0.4, 0.5) is 0 Å². The van der Waals surface area contributed by atoms with Gasteiger partial charge in [-0.25, -0.2) is 0 Å². The Morgan fingerprint density at radius 2 is 1.60 bits per heavy atom. The molecule has 2 heterocycles. The van der Waals surface area contributed by atoms with Crippen molar-refractivity contribution in [1.29, 1.82) is 0 Å². The van der Waals surface area contributed by atoms with Crippen molar-refractivity contribution < 1.29 is 9.31 Å². The van der Waals surface area contributed by atoms with Crippen LogP contribution in [0.5, 0.6) is 0 Å². The third-order valence-corrected chi connectivity index (χ3v) is 4.42. The molecule has 0 atom stereocenters. The van der Waals surface area contributed by atoms with E-state index in [1.165, 1.54) is 11.1 Å². The van der Waals surface area contributed by atoms with Crippen molar-refractivity contribution in [3.8, 4) is 0 Å². The molecule has 1 aromatic rings. The molecule has 1 saturated heterocycles. The zero-order valence-corrected chi connectivity index (χ0v) is 12.5. The van der Waals surface area contributed by atoms with Gasteiger partial charge in [0.1, 0.15) is 0 Å². The molecule has 0 unspecified atom stereocenters. The molecule has 0 radical (unpaired) electrons. The minimum atomic E-state index is -0.295. The Bertz CT molecular complexity index is 557. The maximum Gasteiger partial charge on any atom is 0.494 e. The number of rotatable bonds is 2. The lowest BCUT2D eigenvalue weighted by Crippen LogP contribution is -2.41. The van der Waals surface area contributed by atoms with Crippen molar-refractivity contribution in [3.05, 3.63) is 35.9 Å². The maximum atomic E-state index is 6.05. The second-order valence-corrected chi connectivity index (χ2v) is 6.36. The van der Waals surface area contributed by atoms with Gasteiger partial charge >= 0.3 is 7.12 Å². The van der Waals surface area contributed by atoms with E-state index in [4.69, 9.17) is 9.31 Å². The molecular weight excluding hydrogens is 249 g/mol. The van der Waals surface area contributed by atoms with Crippen LogP contribution in [0.2, 0.25) is 0 Å². The first-order valence-corrected chi connectivity index (χ1v) is 7.05. The van der Waals surface area contributed by atoms with E-state index < -0.39 is 0 Å². The van der Waals surface area contributed by atoms with Crippen LogP contribution in [0, 0.1) is 0 Å². The first-order valence-electron chi connectivity index (χ1n) is 7.05. The lowest BCUT2D eigenvalue weighted by atomic mass is 9.78. The Labute approximate surface area is 120 Å². The predicted molar refractivity (Wildman–Crippen MR) is 83.5 cm³/mol. The van der Waals surface area contributed by atoms with Crippen molar-refractivity contribution >= 4 is 24.4 Å². The quantitative estimate of drug-likeness (QED) is 0.772. The fourth-order valence-corrected chi connectivity index (χ4v) is 2.36. The molecule has 0 spiro atoms. The van der Waals surface area contributed by atoms with Gasteiger partial charge in [-0.1, -0.05) is 30.3 Å². The summed E-state index contributed by atoms with van der Waals surface area (Å²) >= 11 is 0. The summed E-state index contributed by atoms with van der Waals surface area (Å²) in [6.45, 7) is 9.07. The Morgan fingerprint density at radius 3 is 2.10 bits per heavy atom. The number of hydrogen-bond acceptors (Lipinski definition) is 3. The SMILES string of the molecule is CC1(C)OB(c2ccc(C3=CCN=C3)cc2)OC1(C)C. The second-order valence-electron chi connectivity index (χ2n) is 6.36. The molecule has 0 aromatic heterocycles. The van der Waals surface area contributed by atoms with E-state index in [0.29, 0.717) is 0 Å². The fourth-order valence-electron chi connectivity index (χ4n) is 2.36. The smallest absolute Gasteiger partial charge is 0.399 e. The summed E-state index contributed by atoms with van der Waals surface area (Å²) in [5, 5.41) is 0. The van der Waals surface area contributed by atoms with Crippen molar-refractivity contribution in [2.75, 3.05) is 6.54 Å². The van der Waals surface area contributed by atoms with Crippen molar-refractivity contribution in [2.24, 2.45) is 4.99 Å². The molecule has 2 aliphatic rings. The Morgan fingerprint density at radius 1 is 1.00 bits per heavy atom. The van der Waals surface area contributed by atoms with Crippen LogP contribution in [-0.2, 0) is 9.31 Å². The molecule has 20 heavy (non-hydrogen) atoms. The summed E-state index contributed by atoms with van der Waals surface area (Å²) in [5.41, 5.74) is 2.84. The van der Waals surface area contributed by atoms with Crippen LogP contribution in [0.25, 0.3) is 5.57 Å². The second kappa shape index (κ2) is 4.57. The highest BCUT2D eigenvalue weighted by Gasteiger charge is 2.51. The van der Waals surface area contributed by atoms with Crippen molar-refractivity contribution in [3.63, 3.8) is 0 Å². The highest BCUT2D eigenvalue weighted by atomic mass is 16.7. The zero-order chi connectivity index (χ0) is 14.4. The largest absolute Gasteiger partial charge is 0.494 e. The highest BCUT2D eigenvalue weighted by molar-refractivity contribution is 6.62. The van der Waals surface area contributed by atoms with Crippen LogP contribution < -0.4 is 5.46 Å². The topological polar surface area (TPSA) is 30.8 Å². The van der Waals surface area contributed by atoms with E-state index in [9.17, 15) is 0 Å². The fraction of sp³-hybridized carbons (Fsp3) is 0.438. The lowest BCUT2D eigenvalue weighted by Gasteiger charge is -2.32. The summed E-state index contributed by atoms with van der Waals surface area (Å²) < 4.78 is 12.1. The van der Waals surface area contributed by atoms with Gasteiger partial charge in [-0.05, 0) is 44.3 Å². The molecule has 104 valence electrons. The van der Waals surface area contributed by atoms with Gasteiger partial charge in [-0.3, -0.25) is 4.99 Å². The molecule has 1 aromatic carbocycles. The van der Waals surface area contributed by atoms with Crippen LogP contribution in [0.1, 0.15) is 33.3 Å². The highest BCUT2D eigenvalue weighted by Crippen LogP contribution is 2.36. The number of allylic oxidation sites excluding steroid dienone is 1. The molecule has 0 saturated carbocycles. The van der Waals surface area contributed by atoms with Crippen LogP contribution in [-0.4, -0.2) is 31.1 Å². The Hall–Kier alpha value is -1.39. The van der Waals surface area contributed by atoms with Gasteiger partial charge in [0, 0.05) is 6.21 Å². The molecule has 0 aliphatic carbocycles. The van der Waals surface area contributed by atoms with E-state index in [1.54, 1.807) is 0 Å². The van der Waals surface area contributed by atoms with Crippen molar-refractivity contribution in [1.82, 2.24) is 0 Å². The van der Waals surface area contributed by atoms with E-state index in [1.807, 2.05) is 6.21 Å². The third kappa shape index (κ3) is 2.23.